The minimum Gasteiger partial charge on any atom is -0.390 e. The summed E-state index contributed by atoms with van der Waals surface area (Å²) in [5, 5.41) is 9.18. The van der Waals surface area contributed by atoms with E-state index in [0.717, 1.165) is 25.9 Å². The Hall–Kier alpha value is -0.150. The van der Waals surface area contributed by atoms with E-state index in [1.54, 1.807) is 0 Å². The molecule has 1 heterocycles. The first kappa shape index (κ1) is 8.94. The molecule has 3 heteroatoms. The van der Waals surface area contributed by atoms with Gasteiger partial charge in [-0.25, -0.2) is 4.39 Å². The number of alkyl halides is 1. The van der Waals surface area contributed by atoms with E-state index < -0.39 is 12.8 Å². The lowest BCUT2D eigenvalue weighted by molar-refractivity contribution is 0.0472. The number of hydrogen-bond donors (Lipinski definition) is 1. The zero-order chi connectivity index (χ0) is 8.27. The van der Waals surface area contributed by atoms with Crippen LogP contribution in [0.15, 0.2) is 0 Å². The molecule has 0 aromatic heterocycles. The molecule has 1 N–H and O–H groups in total. The maximum atomic E-state index is 12.0. The lowest BCUT2D eigenvalue weighted by Crippen LogP contribution is -2.36. The molecule has 1 rings (SSSR count). The van der Waals surface area contributed by atoms with Crippen LogP contribution in [0, 0.1) is 5.92 Å². The highest BCUT2D eigenvalue weighted by molar-refractivity contribution is 4.75. The summed E-state index contributed by atoms with van der Waals surface area (Å²) in [7, 11) is 2.05. The number of likely N-dealkylation sites (tertiary alicyclic amines) is 1. The first-order valence-corrected chi connectivity index (χ1v) is 4.16. The van der Waals surface area contributed by atoms with Crippen LogP contribution in [0.25, 0.3) is 0 Å². The van der Waals surface area contributed by atoms with Gasteiger partial charge < -0.3 is 10.0 Å². The van der Waals surface area contributed by atoms with Gasteiger partial charge in [0.25, 0.3) is 0 Å². The van der Waals surface area contributed by atoms with Crippen LogP contribution in [-0.2, 0) is 0 Å². The molecule has 0 radical (unpaired) electrons. The lowest BCUT2D eigenvalue weighted by Gasteiger charge is -2.30. The SMILES string of the molecule is CN1CCC(C(O)CF)CC1. The molecule has 66 valence electrons. The Morgan fingerprint density at radius 1 is 1.55 bits per heavy atom. The molecule has 0 aromatic carbocycles. The monoisotopic (exact) mass is 161 g/mol. The zero-order valence-electron chi connectivity index (χ0n) is 6.96. The van der Waals surface area contributed by atoms with E-state index in [-0.39, 0.29) is 5.92 Å². The zero-order valence-corrected chi connectivity index (χ0v) is 6.96. The summed E-state index contributed by atoms with van der Waals surface area (Å²) >= 11 is 0. The van der Waals surface area contributed by atoms with Gasteiger partial charge in [0.1, 0.15) is 6.67 Å². The van der Waals surface area contributed by atoms with E-state index in [1.807, 2.05) is 0 Å². The van der Waals surface area contributed by atoms with Crippen molar-refractivity contribution >= 4 is 0 Å². The number of aliphatic hydroxyl groups is 1. The molecule has 1 aliphatic rings. The van der Waals surface area contributed by atoms with Crippen molar-refractivity contribution in [1.29, 1.82) is 0 Å². The topological polar surface area (TPSA) is 23.5 Å². The summed E-state index contributed by atoms with van der Waals surface area (Å²) in [6, 6.07) is 0. The van der Waals surface area contributed by atoms with Crippen LogP contribution in [0.1, 0.15) is 12.8 Å². The smallest absolute Gasteiger partial charge is 0.116 e. The van der Waals surface area contributed by atoms with Crippen LogP contribution in [-0.4, -0.2) is 42.9 Å². The molecule has 1 aliphatic heterocycles. The fourth-order valence-corrected chi connectivity index (χ4v) is 1.54. The third kappa shape index (κ3) is 2.42. The minimum absolute atomic E-state index is 0.191. The van der Waals surface area contributed by atoms with Crippen molar-refractivity contribution in [1.82, 2.24) is 4.90 Å². The highest BCUT2D eigenvalue weighted by Gasteiger charge is 2.23. The first-order chi connectivity index (χ1) is 5.24. The van der Waals surface area contributed by atoms with Gasteiger partial charge >= 0.3 is 0 Å². The van der Waals surface area contributed by atoms with Gasteiger partial charge in [-0.15, -0.1) is 0 Å². The Morgan fingerprint density at radius 2 is 2.09 bits per heavy atom. The molecule has 0 bridgehead atoms. The normalized spacial score (nSPS) is 25.4. The third-order valence-electron chi connectivity index (χ3n) is 2.47. The van der Waals surface area contributed by atoms with Crippen molar-refractivity contribution in [3.8, 4) is 0 Å². The summed E-state index contributed by atoms with van der Waals surface area (Å²) < 4.78 is 12.0. The van der Waals surface area contributed by atoms with Crippen molar-refractivity contribution in [2.75, 3.05) is 26.8 Å². The van der Waals surface area contributed by atoms with Crippen LogP contribution in [0.5, 0.6) is 0 Å². The molecule has 1 atom stereocenters. The fraction of sp³-hybridized carbons (Fsp3) is 1.00. The predicted octanol–water partition coefficient (Wildman–Crippen LogP) is 0.659. The number of halogens is 1. The number of nitrogens with zero attached hydrogens (tertiary/aromatic N) is 1. The molecule has 11 heavy (non-hydrogen) atoms. The largest absolute Gasteiger partial charge is 0.390 e. The summed E-state index contributed by atoms with van der Waals surface area (Å²) in [6.07, 6.45) is 1.15. The highest BCUT2D eigenvalue weighted by Crippen LogP contribution is 2.19. The van der Waals surface area contributed by atoms with Crippen LogP contribution in [0.2, 0.25) is 0 Å². The summed E-state index contributed by atoms with van der Waals surface area (Å²) in [5.74, 6) is 0.191. The molecule has 0 saturated carbocycles. The molecular formula is C8H16FNO. The van der Waals surface area contributed by atoms with Crippen molar-refractivity contribution in [3.63, 3.8) is 0 Å². The van der Waals surface area contributed by atoms with E-state index in [1.165, 1.54) is 0 Å². The fourth-order valence-electron chi connectivity index (χ4n) is 1.54. The van der Waals surface area contributed by atoms with Crippen LogP contribution in [0.3, 0.4) is 0 Å². The molecule has 2 nitrogen and oxygen atoms in total. The van der Waals surface area contributed by atoms with Crippen molar-refractivity contribution in [2.45, 2.75) is 18.9 Å². The van der Waals surface area contributed by atoms with Crippen molar-refractivity contribution in [3.05, 3.63) is 0 Å². The molecule has 0 aromatic rings. The molecule has 0 amide bonds. The van der Waals surface area contributed by atoms with Crippen LogP contribution >= 0.6 is 0 Å². The summed E-state index contributed by atoms with van der Waals surface area (Å²) in [5.41, 5.74) is 0. The lowest BCUT2D eigenvalue weighted by atomic mass is 9.92. The van der Waals surface area contributed by atoms with Gasteiger partial charge in [-0.1, -0.05) is 0 Å². The van der Waals surface area contributed by atoms with E-state index in [0.29, 0.717) is 0 Å². The molecule has 1 fully saturated rings. The maximum Gasteiger partial charge on any atom is 0.116 e. The molecule has 1 saturated heterocycles. The van der Waals surface area contributed by atoms with Gasteiger partial charge in [0.05, 0.1) is 6.10 Å². The van der Waals surface area contributed by atoms with E-state index in [4.69, 9.17) is 0 Å². The van der Waals surface area contributed by atoms with E-state index in [9.17, 15) is 9.50 Å². The van der Waals surface area contributed by atoms with E-state index >= 15 is 0 Å². The number of hydrogen-bond acceptors (Lipinski definition) is 2. The molecular weight excluding hydrogens is 145 g/mol. The maximum absolute atomic E-state index is 12.0. The average molecular weight is 161 g/mol. The summed E-state index contributed by atoms with van der Waals surface area (Å²) in [6.45, 7) is 1.39. The van der Waals surface area contributed by atoms with Crippen LogP contribution < -0.4 is 0 Å². The second-order valence-corrected chi connectivity index (χ2v) is 3.36. The second-order valence-electron chi connectivity index (χ2n) is 3.36. The first-order valence-electron chi connectivity index (χ1n) is 4.16. The van der Waals surface area contributed by atoms with Gasteiger partial charge in [-0.3, -0.25) is 0 Å². The number of aliphatic hydroxyl groups excluding tert-OH is 1. The quantitative estimate of drug-likeness (QED) is 0.643. The Bertz CT molecular complexity index is 113. The van der Waals surface area contributed by atoms with Gasteiger partial charge in [0.15, 0.2) is 0 Å². The van der Waals surface area contributed by atoms with Gasteiger partial charge in [0.2, 0.25) is 0 Å². The molecule has 0 spiro atoms. The van der Waals surface area contributed by atoms with E-state index in [2.05, 4.69) is 11.9 Å². The number of rotatable bonds is 2. The second kappa shape index (κ2) is 4.02. The summed E-state index contributed by atoms with van der Waals surface area (Å²) in [4.78, 5) is 2.21. The Labute approximate surface area is 67.0 Å². The Balaban J connectivity index is 2.27. The van der Waals surface area contributed by atoms with Gasteiger partial charge in [-0.05, 0) is 38.9 Å². The average Bonchev–Trinajstić information content (AvgIpc) is 2.05. The van der Waals surface area contributed by atoms with Crippen LogP contribution in [0.4, 0.5) is 4.39 Å². The van der Waals surface area contributed by atoms with Crippen molar-refractivity contribution in [2.24, 2.45) is 5.92 Å². The standard InChI is InChI=1S/C8H16FNO/c1-10-4-2-7(3-5-10)8(11)6-9/h7-8,11H,2-6H2,1H3. The predicted molar refractivity (Wildman–Crippen MR) is 42.2 cm³/mol. The number of piperidine rings is 1. The third-order valence-corrected chi connectivity index (χ3v) is 2.47. The Kier molecular flexibility index (Phi) is 3.27. The molecule has 1 unspecified atom stereocenters. The van der Waals surface area contributed by atoms with Gasteiger partial charge in [0, 0.05) is 0 Å². The Morgan fingerprint density at radius 3 is 2.55 bits per heavy atom. The highest BCUT2D eigenvalue weighted by atomic mass is 19.1. The van der Waals surface area contributed by atoms with Crippen molar-refractivity contribution < 1.29 is 9.50 Å². The molecule has 0 aliphatic carbocycles. The minimum atomic E-state index is -0.719. The van der Waals surface area contributed by atoms with Gasteiger partial charge in [-0.2, -0.15) is 0 Å².